The predicted octanol–water partition coefficient (Wildman–Crippen LogP) is 1.32. The maximum Gasteiger partial charge on any atom is 0.152 e. The van der Waals surface area contributed by atoms with Gasteiger partial charge in [0.2, 0.25) is 0 Å². The zero-order chi connectivity index (χ0) is 10.4. The van der Waals surface area contributed by atoms with Crippen LogP contribution in [0.2, 0.25) is 0 Å². The molecule has 1 fully saturated rings. The highest BCUT2D eigenvalue weighted by Crippen LogP contribution is 2.13. The third kappa shape index (κ3) is 3.39. The molecule has 1 atom stereocenters. The minimum Gasteiger partial charge on any atom is -0.381 e. The van der Waals surface area contributed by atoms with Gasteiger partial charge in [0.05, 0.1) is 13.2 Å². The average molecular weight is 199 g/mol. The summed E-state index contributed by atoms with van der Waals surface area (Å²) in [6, 6.07) is 0. The van der Waals surface area contributed by atoms with Crippen LogP contribution in [0.4, 0.5) is 0 Å². The topological polar surface area (TPSA) is 29.5 Å². The number of rotatable bonds is 6. The molecule has 1 aliphatic rings. The summed E-state index contributed by atoms with van der Waals surface area (Å²) in [5, 5.41) is 0. The molecule has 14 heavy (non-hydrogen) atoms. The van der Waals surface area contributed by atoms with Gasteiger partial charge in [-0.2, -0.15) is 0 Å². The van der Waals surface area contributed by atoms with Gasteiger partial charge >= 0.3 is 0 Å². The second-order valence-electron chi connectivity index (χ2n) is 3.90. The Labute approximate surface area is 86.4 Å². The van der Waals surface area contributed by atoms with E-state index >= 15 is 0 Å². The second-order valence-corrected chi connectivity index (χ2v) is 3.90. The van der Waals surface area contributed by atoms with Crippen LogP contribution in [0.25, 0.3) is 0 Å². The first-order valence-corrected chi connectivity index (χ1v) is 5.60. The van der Waals surface area contributed by atoms with Gasteiger partial charge in [0.25, 0.3) is 0 Å². The number of carbonyl (C=O) groups excluding carboxylic acids is 1. The molecule has 0 aromatic rings. The van der Waals surface area contributed by atoms with E-state index in [-0.39, 0.29) is 5.92 Å². The van der Waals surface area contributed by atoms with Crippen molar-refractivity contribution in [2.24, 2.45) is 5.92 Å². The molecule has 1 unspecified atom stereocenters. The van der Waals surface area contributed by atoms with Gasteiger partial charge in [-0.3, -0.25) is 9.69 Å². The predicted molar refractivity (Wildman–Crippen MR) is 56.3 cm³/mol. The van der Waals surface area contributed by atoms with E-state index in [9.17, 15) is 4.79 Å². The van der Waals surface area contributed by atoms with E-state index < -0.39 is 0 Å². The van der Waals surface area contributed by atoms with Crippen molar-refractivity contribution < 1.29 is 9.53 Å². The van der Waals surface area contributed by atoms with E-state index in [0.29, 0.717) is 18.9 Å². The summed E-state index contributed by atoms with van der Waals surface area (Å²) in [5.74, 6) is 0.527. The summed E-state index contributed by atoms with van der Waals surface area (Å²) in [7, 11) is 0. The van der Waals surface area contributed by atoms with Gasteiger partial charge in [0.15, 0.2) is 5.78 Å². The summed E-state index contributed by atoms with van der Waals surface area (Å²) in [6.07, 6.45) is 2.03. The van der Waals surface area contributed by atoms with Gasteiger partial charge in [-0.1, -0.05) is 13.8 Å². The van der Waals surface area contributed by atoms with Crippen molar-refractivity contribution in [1.82, 2.24) is 4.90 Å². The quantitative estimate of drug-likeness (QED) is 0.646. The molecular weight excluding hydrogens is 178 g/mol. The van der Waals surface area contributed by atoms with E-state index in [0.717, 1.165) is 32.5 Å². The zero-order valence-corrected chi connectivity index (χ0v) is 9.29. The molecule has 1 rings (SSSR count). The number of hydrogen-bond donors (Lipinski definition) is 0. The number of likely N-dealkylation sites (N-methyl/N-ethyl adjacent to an activating group) is 1. The fraction of sp³-hybridized carbons (Fsp3) is 0.909. The average Bonchev–Trinajstić information content (AvgIpc) is 2.69. The fourth-order valence-electron chi connectivity index (χ4n) is 1.80. The molecule has 82 valence electrons. The Morgan fingerprint density at radius 2 is 2.29 bits per heavy atom. The lowest BCUT2D eigenvalue weighted by atomic mass is 10.0. The largest absolute Gasteiger partial charge is 0.381 e. The highest BCUT2D eigenvalue weighted by atomic mass is 16.5. The number of ketones is 1. The number of ether oxygens (including phenoxy) is 1. The summed E-state index contributed by atoms with van der Waals surface area (Å²) in [4.78, 5) is 14.0. The molecule has 0 N–H and O–H groups in total. The molecule has 3 heteroatoms. The normalized spacial score (nSPS) is 21.8. The van der Waals surface area contributed by atoms with Gasteiger partial charge in [-0.15, -0.1) is 0 Å². The summed E-state index contributed by atoms with van der Waals surface area (Å²) >= 11 is 0. The Bertz CT molecular complexity index is 176. The highest BCUT2D eigenvalue weighted by Gasteiger charge is 2.24. The maximum atomic E-state index is 11.8. The SMILES string of the molecule is CCCN(CC)CC(=O)C1CCOC1. The number of carbonyl (C=O) groups is 1. The molecule has 0 spiro atoms. The first-order valence-electron chi connectivity index (χ1n) is 5.60. The van der Waals surface area contributed by atoms with Crippen LogP contribution in [0.5, 0.6) is 0 Å². The van der Waals surface area contributed by atoms with Crippen molar-refractivity contribution in [3.05, 3.63) is 0 Å². The fourth-order valence-corrected chi connectivity index (χ4v) is 1.80. The number of Topliss-reactive ketones (excluding diaryl/α,β-unsaturated/α-hetero) is 1. The minimum atomic E-state index is 0.168. The van der Waals surface area contributed by atoms with E-state index in [1.54, 1.807) is 0 Å². The first kappa shape index (κ1) is 11.7. The Kier molecular flexibility index (Phi) is 5.12. The van der Waals surface area contributed by atoms with Crippen LogP contribution in [-0.2, 0) is 9.53 Å². The molecule has 1 aliphatic heterocycles. The molecule has 0 aromatic carbocycles. The van der Waals surface area contributed by atoms with Crippen LogP contribution in [0.15, 0.2) is 0 Å². The molecule has 3 nitrogen and oxygen atoms in total. The molecular formula is C11H21NO2. The van der Waals surface area contributed by atoms with Gasteiger partial charge < -0.3 is 4.74 Å². The van der Waals surface area contributed by atoms with E-state index in [1.807, 2.05) is 0 Å². The van der Waals surface area contributed by atoms with Crippen molar-refractivity contribution in [2.75, 3.05) is 32.8 Å². The molecule has 0 radical (unpaired) electrons. The van der Waals surface area contributed by atoms with Crippen molar-refractivity contribution in [1.29, 1.82) is 0 Å². The van der Waals surface area contributed by atoms with E-state index in [2.05, 4.69) is 18.7 Å². The molecule has 0 saturated carbocycles. The molecule has 1 heterocycles. The summed E-state index contributed by atoms with van der Waals surface area (Å²) in [6.45, 7) is 8.25. The summed E-state index contributed by atoms with van der Waals surface area (Å²) in [5.41, 5.74) is 0. The first-order chi connectivity index (χ1) is 6.77. The van der Waals surface area contributed by atoms with Crippen LogP contribution >= 0.6 is 0 Å². The van der Waals surface area contributed by atoms with Gasteiger partial charge in [-0.05, 0) is 25.9 Å². The van der Waals surface area contributed by atoms with Crippen molar-refractivity contribution >= 4 is 5.78 Å². The van der Waals surface area contributed by atoms with Crippen LogP contribution in [-0.4, -0.2) is 43.5 Å². The number of nitrogens with zero attached hydrogens (tertiary/aromatic N) is 1. The maximum absolute atomic E-state index is 11.8. The second kappa shape index (κ2) is 6.14. The molecule has 0 bridgehead atoms. The third-order valence-electron chi connectivity index (χ3n) is 2.75. The third-order valence-corrected chi connectivity index (χ3v) is 2.75. The lowest BCUT2D eigenvalue weighted by molar-refractivity contribution is -0.124. The Balaban J connectivity index is 2.29. The zero-order valence-electron chi connectivity index (χ0n) is 9.29. The highest BCUT2D eigenvalue weighted by molar-refractivity contribution is 5.83. The molecule has 0 amide bonds. The summed E-state index contributed by atoms with van der Waals surface area (Å²) < 4.78 is 5.21. The molecule has 1 saturated heterocycles. The number of hydrogen-bond acceptors (Lipinski definition) is 3. The molecule has 0 aromatic heterocycles. The van der Waals surface area contributed by atoms with Crippen LogP contribution < -0.4 is 0 Å². The Morgan fingerprint density at radius 3 is 2.79 bits per heavy atom. The van der Waals surface area contributed by atoms with Gasteiger partial charge in [0.1, 0.15) is 0 Å². The standard InChI is InChI=1S/C11H21NO2/c1-3-6-12(4-2)8-11(13)10-5-7-14-9-10/h10H,3-9H2,1-2H3. The lowest BCUT2D eigenvalue weighted by Crippen LogP contribution is -2.33. The van der Waals surface area contributed by atoms with E-state index in [1.165, 1.54) is 0 Å². The smallest absolute Gasteiger partial charge is 0.152 e. The Morgan fingerprint density at radius 1 is 1.50 bits per heavy atom. The minimum absolute atomic E-state index is 0.168. The Hall–Kier alpha value is -0.410. The van der Waals surface area contributed by atoms with E-state index in [4.69, 9.17) is 4.74 Å². The van der Waals surface area contributed by atoms with Crippen LogP contribution in [0, 0.1) is 5.92 Å². The van der Waals surface area contributed by atoms with Crippen LogP contribution in [0.3, 0.4) is 0 Å². The van der Waals surface area contributed by atoms with Gasteiger partial charge in [-0.25, -0.2) is 0 Å². The van der Waals surface area contributed by atoms with Crippen molar-refractivity contribution in [3.63, 3.8) is 0 Å². The van der Waals surface area contributed by atoms with Gasteiger partial charge in [0, 0.05) is 12.5 Å². The monoisotopic (exact) mass is 199 g/mol. The molecule has 0 aliphatic carbocycles. The lowest BCUT2D eigenvalue weighted by Gasteiger charge is -2.19. The van der Waals surface area contributed by atoms with Crippen molar-refractivity contribution in [3.8, 4) is 0 Å². The van der Waals surface area contributed by atoms with Crippen molar-refractivity contribution in [2.45, 2.75) is 26.7 Å². The van der Waals surface area contributed by atoms with Crippen LogP contribution in [0.1, 0.15) is 26.7 Å².